The fourth-order valence-electron chi connectivity index (χ4n) is 3.75. The molecule has 9 nitrogen and oxygen atoms in total. The summed E-state index contributed by atoms with van der Waals surface area (Å²) in [7, 11) is 1.88. The molecule has 156 valence electrons. The molecule has 2 N–H and O–H groups in total. The third-order valence-corrected chi connectivity index (χ3v) is 6.05. The predicted octanol–water partition coefficient (Wildman–Crippen LogP) is 3.34. The van der Waals surface area contributed by atoms with Gasteiger partial charge in [0, 0.05) is 19.4 Å². The van der Waals surface area contributed by atoms with Crippen molar-refractivity contribution in [1.29, 1.82) is 0 Å². The summed E-state index contributed by atoms with van der Waals surface area (Å²) in [5.74, 6) is 1.000. The van der Waals surface area contributed by atoms with Crippen molar-refractivity contribution in [2.75, 3.05) is 5.32 Å². The van der Waals surface area contributed by atoms with Gasteiger partial charge in [-0.1, -0.05) is 0 Å². The van der Waals surface area contributed by atoms with Crippen molar-refractivity contribution in [3.63, 3.8) is 0 Å². The van der Waals surface area contributed by atoms with Gasteiger partial charge in [0.2, 0.25) is 11.8 Å². The Morgan fingerprint density at radius 3 is 2.77 bits per heavy atom. The lowest BCUT2D eigenvalue weighted by Crippen LogP contribution is -2.27. The molecule has 0 spiro atoms. The van der Waals surface area contributed by atoms with E-state index in [1.807, 2.05) is 43.1 Å². The van der Waals surface area contributed by atoms with Crippen molar-refractivity contribution in [3.8, 4) is 11.6 Å². The maximum Gasteiger partial charge on any atom is 0.244 e. The zero-order valence-corrected chi connectivity index (χ0v) is 17.6. The van der Waals surface area contributed by atoms with Crippen LogP contribution in [-0.4, -0.2) is 46.0 Å². The van der Waals surface area contributed by atoms with Gasteiger partial charge in [-0.05, 0) is 56.3 Å². The number of hydrogen-bond acceptors (Lipinski definition) is 8. The van der Waals surface area contributed by atoms with Gasteiger partial charge < -0.3 is 19.7 Å². The normalized spacial score (nSPS) is 19.3. The number of rotatable bonds is 5. The topological polar surface area (TPSA) is 103 Å². The fraction of sp³-hybridized carbons (Fsp3) is 0.400. The number of ether oxygens (including phenoxy) is 1. The summed E-state index contributed by atoms with van der Waals surface area (Å²) in [6, 6.07) is 3.91. The van der Waals surface area contributed by atoms with Crippen molar-refractivity contribution < 1.29 is 9.84 Å². The highest BCUT2D eigenvalue weighted by Gasteiger charge is 2.24. The molecular weight excluding hydrogens is 402 g/mol. The van der Waals surface area contributed by atoms with E-state index in [0.717, 1.165) is 53.1 Å². The quantitative estimate of drug-likeness (QED) is 0.505. The molecule has 30 heavy (non-hydrogen) atoms. The van der Waals surface area contributed by atoms with Crippen molar-refractivity contribution in [3.05, 3.63) is 36.4 Å². The summed E-state index contributed by atoms with van der Waals surface area (Å²) in [6.07, 6.45) is 8.56. The summed E-state index contributed by atoms with van der Waals surface area (Å²) in [5, 5.41) is 18.2. The fourth-order valence-corrected chi connectivity index (χ4v) is 4.41. The van der Waals surface area contributed by atoms with Crippen LogP contribution in [0.5, 0.6) is 5.88 Å². The average Bonchev–Trinajstić information content (AvgIpc) is 3.44. The zero-order valence-electron chi connectivity index (χ0n) is 16.8. The Morgan fingerprint density at radius 2 is 2.07 bits per heavy atom. The number of fused-ring (bicyclic) bond motifs is 1. The summed E-state index contributed by atoms with van der Waals surface area (Å²) in [5.41, 5.74) is 3.45. The molecule has 0 amide bonds. The van der Waals surface area contributed by atoms with Crippen molar-refractivity contribution in [2.45, 2.75) is 44.8 Å². The van der Waals surface area contributed by atoms with Crippen LogP contribution in [0.25, 0.3) is 16.7 Å². The number of nitrogens with one attached hydrogen (secondary N) is 1. The van der Waals surface area contributed by atoms with Crippen molar-refractivity contribution in [1.82, 2.24) is 28.7 Å². The number of aryl methyl sites for hydroxylation is 2. The molecule has 0 aromatic carbocycles. The van der Waals surface area contributed by atoms with Gasteiger partial charge in [0.1, 0.15) is 16.6 Å². The lowest BCUT2D eigenvalue weighted by atomic mass is 9.95. The van der Waals surface area contributed by atoms with Gasteiger partial charge >= 0.3 is 0 Å². The highest BCUT2D eigenvalue weighted by molar-refractivity contribution is 7.10. The Balaban J connectivity index is 1.55. The Hall–Kier alpha value is -2.98. The van der Waals surface area contributed by atoms with Gasteiger partial charge in [-0.15, -0.1) is 0 Å². The van der Waals surface area contributed by atoms with Crippen molar-refractivity contribution >= 4 is 33.5 Å². The molecule has 0 atom stereocenters. The van der Waals surface area contributed by atoms with Gasteiger partial charge in [0.25, 0.3) is 0 Å². The van der Waals surface area contributed by atoms with E-state index >= 15 is 0 Å². The summed E-state index contributed by atoms with van der Waals surface area (Å²) in [4.78, 5) is 9.39. The minimum absolute atomic E-state index is 0.0160. The summed E-state index contributed by atoms with van der Waals surface area (Å²) >= 11 is 1.37. The number of aliphatic hydroxyl groups is 1. The first-order valence-electron chi connectivity index (χ1n) is 9.98. The Bertz CT molecular complexity index is 1170. The first kappa shape index (κ1) is 19.0. The standard InChI is InChI=1S/C20H23N7O2S/c1-12-9-17(30-25-12)23-20-22-16-7-8-27(13-10-21-26(2)11-13)18(16)19(24-20)29-15-5-3-14(28)4-6-15/h7-11,14-15,28H,3-6H2,1-2H3,(H,22,23,24). The van der Waals surface area contributed by atoms with Crippen LogP contribution in [0.15, 0.2) is 30.7 Å². The molecule has 4 aromatic heterocycles. The van der Waals surface area contributed by atoms with E-state index in [1.54, 1.807) is 10.9 Å². The van der Waals surface area contributed by atoms with Gasteiger partial charge in [-0.3, -0.25) is 4.68 Å². The molecule has 1 aliphatic carbocycles. The van der Waals surface area contributed by atoms with Gasteiger partial charge in [0.05, 0.1) is 29.2 Å². The van der Waals surface area contributed by atoms with E-state index in [1.165, 1.54) is 11.5 Å². The third kappa shape index (κ3) is 3.75. The van der Waals surface area contributed by atoms with Crippen molar-refractivity contribution in [2.24, 2.45) is 7.05 Å². The molecule has 0 unspecified atom stereocenters. The third-order valence-electron chi connectivity index (χ3n) is 5.26. The van der Waals surface area contributed by atoms with Gasteiger partial charge in [0.15, 0.2) is 0 Å². The van der Waals surface area contributed by atoms with Crippen LogP contribution >= 0.6 is 11.5 Å². The first-order valence-corrected chi connectivity index (χ1v) is 10.8. The largest absolute Gasteiger partial charge is 0.473 e. The molecule has 1 fully saturated rings. The Morgan fingerprint density at radius 1 is 1.23 bits per heavy atom. The Labute approximate surface area is 177 Å². The van der Waals surface area contributed by atoms with E-state index in [-0.39, 0.29) is 12.2 Å². The molecule has 0 radical (unpaired) electrons. The van der Waals surface area contributed by atoms with Crippen LogP contribution in [0.3, 0.4) is 0 Å². The van der Waals surface area contributed by atoms with Crippen LogP contribution in [0.2, 0.25) is 0 Å². The Kier molecular flexibility index (Phi) is 4.87. The second-order valence-corrected chi connectivity index (χ2v) is 8.46. The molecule has 1 saturated carbocycles. The number of aliphatic hydroxyl groups excluding tert-OH is 1. The average molecular weight is 426 g/mol. The molecule has 4 heterocycles. The molecule has 1 aliphatic rings. The van der Waals surface area contributed by atoms with E-state index in [4.69, 9.17) is 9.72 Å². The van der Waals surface area contributed by atoms with Crippen LogP contribution in [0, 0.1) is 6.92 Å². The number of nitrogens with zero attached hydrogens (tertiary/aromatic N) is 6. The molecule has 10 heteroatoms. The van der Waals surface area contributed by atoms with Gasteiger partial charge in [-0.2, -0.15) is 14.5 Å². The van der Waals surface area contributed by atoms with E-state index in [9.17, 15) is 5.11 Å². The number of anilines is 2. The number of aromatic nitrogens is 6. The smallest absolute Gasteiger partial charge is 0.244 e. The minimum Gasteiger partial charge on any atom is -0.473 e. The predicted molar refractivity (Wildman–Crippen MR) is 115 cm³/mol. The van der Waals surface area contributed by atoms with Crippen LogP contribution < -0.4 is 10.1 Å². The van der Waals surface area contributed by atoms with E-state index in [2.05, 4.69) is 19.8 Å². The SMILES string of the molecule is Cc1cc(Nc2nc(OC3CCC(O)CC3)c3c(ccn3-c3cnn(C)c3)n2)sn1. The highest BCUT2D eigenvalue weighted by atomic mass is 32.1. The van der Waals surface area contributed by atoms with Crippen LogP contribution in [0.4, 0.5) is 10.9 Å². The molecular formula is C20H23N7O2S. The summed E-state index contributed by atoms with van der Waals surface area (Å²) in [6.45, 7) is 1.95. The van der Waals surface area contributed by atoms with E-state index in [0.29, 0.717) is 11.8 Å². The van der Waals surface area contributed by atoms with Gasteiger partial charge in [-0.25, -0.2) is 4.98 Å². The lowest BCUT2D eigenvalue weighted by Gasteiger charge is -2.26. The molecule has 5 rings (SSSR count). The minimum atomic E-state index is -0.235. The molecule has 0 saturated heterocycles. The number of hydrogen-bond donors (Lipinski definition) is 2. The maximum absolute atomic E-state index is 9.83. The first-order chi connectivity index (χ1) is 14.5. The zero-order chi connectivity index (χ0) is 20.7. The van der Waals surface area contributed by atoms with Crippen LogP contribution in [-0.2, 0) is 7.05 Å². The van der Waals surface area contributed by atoms with Crippen LogP contribution in [0.1, 0.15) is 31.4 Å². The molecule has 0 aliphatic heterocycles. The summed E-state index contributed by atoms with van der Waals surface area (Å²) < 4.78 is 14.4. The molecule has 0 bridgehead atoms. The highest BCUT2D eigenvalue weighted by Crippen LogP contribution is 2.32. The maximum atomic E-state index is 9.83. The monoisotopic (exact) mass is 425 g/mol. The van der Waals surface area contributed by atoms with E-state index < -0.39 is 0 Å². The second-order valence-electron chi connectivity index (χ2n) is 7.65. The second kappa shape index (κ2) is 7.69. The molecule has 4 aromatic rings. The lowest BCUT2D eigenvalue weighted by molar-refractivity contribution is 0.0651.